The quantitative estimate of drug-likeness (QED) is 0.615. The lowest BCUT2D eigenvalue weighted by Gasteiger charge is -2.28. The Kier molecular flexibility index (Phi) is 6.54. The van der Waals surface area contributed by atoms with Crippen LogP contribution in [0.25, 0.3) is 0 Å². The number of benzene rings is 2. The van der Waals surface area contributed by atoms with Gasteiger partial charge in [0.25, 0.3) is 0 Å². The lowest BCUT2D eigenvalue weighted by atomic mass is 10.2. The molecule has 1 saturated heterocycles. The zero-order valence-corrected chi connectivity index (χ0v) is 18.4. The molecule has 0 spiro atoms. The number of amides is 2. The maximum Gasteiger partial charge on any atom is 0.238 e. The van der Waals surface area contributed by atoms with Crippen LogP contribution in [0.5, 0.6) is 5.75 Å². The first-order chi connectivity index (χ1) is 13.2. The van der Waals surface area contributed by atoms with E-state index >= 15 is 0 Å². The van der Waals surface area contributed by atoms with Gasteiger partial charge in [0.1, 0.15) is 5.25 Å². The Bertz CT molecular complexity index is 946. The van der Waals surface area contributed by atoms with E-state index in [0.717, 1.165) is 4.47 Å². The molecule has 1 unspecified atom stereocenters. The van der Waals surface area contributed by atoms with E-state index < -0.39 is 5.25 Å². The topological polar surface area (TPSA) is 82.0 Å². The van der Waals surface area contributed by atoms with Gasteiger partial charge in [-0.15, -0.1) is 0 Å². The molecule has 0 aliphatic carbocycles. The Hall–Kier alpha value is -1.74. The van der Waals surface area contributed by atoms with E-state index in [1.54, 1.807) is 19.2 Å². The summed E-state index contributed by atoms with van der Waals surface area (Å²) < 4.78 is 0.898. The van der Waals surface area contributed by atoms with Gasteiger partial charge in [0.2, 0.25) is 11.8 Å². The second kappa shape index (κ2) is 8.73. The first-order valence-electron chi connectivity index (χ1n) is 8.01. The van der Waals surface area contributed by atoms with E-state index in [-0.39, 0.29) is 34.0 Å². The smallest absolute Gasteiger partial charge is 0.238 e. The molecule has 3 rings (SSSR count). The second-order valence-corrected chi connectivity index (χ2v) is 8.81. The third-order valence-corrected chi connectivity index (χ3v) is 6.25. The predicted octanol–water partition coefficient (Wildman–Crippen LogP) is 5.05. The van der Waals surface area contributed by atoms with Gasteiger partial charge in [-0.1, -0.05) is 50.9 Å². The van der Waals surface area contributed by atoms with E-state index in [1.807, 2.05) is 12.1 Å². The number of carbonyl (C=O) groups is 2. The number of hydrogen-bond donors (Lipinski definition) is 2. The van der Waals surface area contributed by atoms with Gasteiger partial charge < -0.3 is 10.4 Å². The third-order valence-electron chi connectivity index (χ3n) is 3.90. The summed E-state index contributed by atoms with van der Waals surface area (Å²) in [5, 5.41) is 12.3. The number of anilines is 1. The highest BCUT2D eigenvalue weighted by Crippen LogP contribution is 2.37. The van der Waals surface area contributed by atoms with E-state index in [9.17, 15) is 14.7 Å². The van der Waals surface area contributed by atoms with E-state index in [2.05, 4.69) is 26.2 Å². The van der Waals surface area contributed by atoms with Crippen molar-refractivity contribution in [2.45, 2.75) is 11.7 Å². The Morgan fingerprint density at radius 1 is 1.29 bits per heavy atom. The molecule has 1 atom stereocenters. The van der Waals surface area contributed by atoms with Gasteiger partial charge in [-0.05, 0) is 36.4 Å². The number of nitrogens with one attached hydrogen (secondary N) is 1. The molecule has 6 nitrogen and oxygen atoms in total. The number of phenolic OH excluding ortho intramolecular Hbond substituents is 1. The van der Waals surface area contributed by atoms with Crippen LogP contribution in [0.3, 0.4) is 0 Å². The molecule has 2 amide bonds. The number of carbonyl (C=O) groups excluding carboxylic acids is 2. The average molecular weight is 503 g/mol. The molecule has 28 heavy (non-hydrogen) atoms. The van der Waals surface area contributed by atoms with Crippen LogP contribution in [0.1, 0.15) is 6.42 Å². The van der Waals surface area contributed by atoms with Crippen molar-refractivity contribution in [1.82, 2.24) is 4.90 Å². The summed E-state index contributed by atoms with van der Waals surface area (Å²) in [6.07, 6.45) is 0.0552. The molecule has 1 heterocycles. The molecule has 2 N–H and O–H groups in total. The number of amidine groups is 1. The molecule has 0 bridgehead atoms. The van der Waals surface area contributed by atoms with Crippen LogP contribution >= 0.6 is 50.9 Å². The molecule has 0 aromatic heterocycles. The molecule has 0 radical (unpaired) electrons. The van der Waals surface area contributed by atoms with Crippen LogP contribution in [0.4, 0.5) is 11.4 Å². The van der Waals surface area contributed by atoms with E-state index in [1.165, 1.54) is 28.8 Å². The molecule has 2 aromatic rings. The van der Waals surface area contributed by atoms with Gasteiger partial charge in [0.05, 0.1) is 15.7 Å². The van der Waals surface area contributed by atoms with Crippen molar-refractivity contribution in [3.05, 3.63) is 50.9 Å². The highest BCUT2D eigenvalue weighted by atomic mass is 79.9. The van der Waals surface area contributed by atoms with Crippen LogP contribution in [-0.4, -0.2) is 39.3 Å². The monoisotopic (exact) mass is 501 g/mol. The van der Waals surface area contributed by atoms with Gasteiger partial charge in [0, 0.05) is 23.6 Å². The summed E-state index contributed by atoms with van der Waals surface area (Å²) in [6, 6.07) is 10.0. The molecule has 146 valence electrons. The summed E-state index contributed by atoms with van der Waals surface area (Å²) in [7, 11) is 1.58. The SMILES string of the molecule is CN1C(=O)CC(C(=O)Nc2ccc(Br)cc2)SC1=Nc1cc(Cl)c(O)c(Cl)c1. The normalized spacial score (nSPS) is 18.4. The van der Waals surface area contributed by atoms with Crippen LogP contribution < -0.4 is 5.32 Å². The minimum absolute atomic E-state index is 0.0474. The van der Waals surface area contributed by atoms with Gasteiger partial charge in [0.15, 0.2) is 10.9 Å². The van der Waals surface area contributed by atoms with Gasteiger partial charge in [-0.2, -0.15) is 0 Å². The first-order valence-corrected chi connectivity index (χ1v) is 10.4. The van der Waals surface area contributed by atoms with Crippen LogP contribution in [0, 0.1) is 0 Å². The number of phenols is 1. The number of rotatable bonds is 3. The third kappa shape index (κ3) is 4.81. The molecular weight excluding hydrogens is 489 g/mol. The Morgan fingerprint density at radius 3 is 2.50 bits per heavy atom. The molecule has 1 fully saturated rings. The molecule has 10 heteroatoms. The van der Waals surface area contributed by atoms with Crippen molar-refractivity contribution < 1.29 is 14.7 Å². The minimum atomic E-state index is -0.630. The predicted molar refractivity (Wildman–Crippen MR) is 117 cm³/mol. The molecule has 0 saturated carbocycles. The zero-order chi connectivity index (χ0) is 20.4. The zero-order valence-electron chi connectivity index (χ0n) is 14.4. The lowest BCUT2D eigenvalue weighted by molar-refractivity contribution is -0.128. The highest BCUT2D eigenvalue weighted by molar-refractivity contribution is 9.10. The van der Waals surface area contributed by atoms with Crippen molar-refractivity contribution in [2.75, 3.05) is 12.4 Å². The van der Waals surface area contributed by atoms with Gasteiger partial charge in [-0.25, -0.2) is 4.99 Å². The Morgan fingerprint density at radius 2 is 1.89 bits per heavy atom. The van der Waals surface area contributed by atoms with Gasteiger partial charge >= 0.3 is 0 Å². The second-order valence-electron chi connectivity index (χ2n) is 5.91. The fourth-order valence-electron chi connectivity index (χ4n) is 2.38. The standard InChI is InChI=1S/C18H14BrCl2N3O3S/c1-24-15(25)8-14(17(27)22-10-4-2-9(19)3-5-10)28-18(24)23-11-6-12(20)16(26)13(21)7-11/h2-7,14,26H,8H2,1H3,(H,22,27). The lowest BCUT2D eigenvalue weighted by Crippen LogP contribution is -2.43. The number of hydrogen-bond acceptors (Lipinski definition) is 5. The van der Waals surface area contributed by atoms with Crippen molar-refractivity contribution in [3.8, 4) is 5.75 Å². The number of thioether (sulfide) groups is 1. The first kappa shape index (κ1) is 21.0. The molecule has 1 aliphatic heterocycles. The number of aromatic hydroxyl groups is 1. The number of nitrogens with zero attached hydrogens (tertiary/aromatic N) is 2. The van der Waals surface area contributed by atoms with Crippen molar-refractivity contribution in [3.63, 3.8) is 0 Å². The molecular formula is C18H14BrCl2N3O3S. The summed E-state index contributed by atoms with van der Waals surface area (Å²) in [5.74, 6) is -0.757. The fraction of sp³-hybridized carbons (Fsp3) is 0.167. The summed E-state index contributed by atoms with van der Waals surface area (Å²) >= 11 is 16.4. The summed E-state index contributed by atoms with van der Waals surface area (Å²) in [6.45, 7) is 0. The van der Waals surface area contributed by atoms with E-state index in [0.29, 0.717) is 16.5 Å². The van der Waals surface area contributed by atoms with Crippen molar-refractivity contribution in [1.29, 1.82) is 0 Å². The van der Waals surface area contributed by atoms with Crippen LogP contribution in [-0.2, 0) is 9.59 Å². The summed E-state index contributed by atoms with van der Waals surface area (Å²) in [5.41, 5.74) is 1.000. The maximum absolute atomic E-state index is 12.6. The number of aliphatic imine (C=N–C) groups is 1. The maximum atomic E-state index is 12.6. The molecule has 1 aliphatic rings. The molecule has 2 aromatic carbocycles. The highest BCUT2D eigenvalue weighted by Gasteiger charge is 2.34. The fourth-order valence-corrected chi connectivity index (χ4v) is 4.19. The van der Waals surface area contributed by atoms with E-state index in [4.69, 9.17) is 23.2 Å². The van der Waals surface area contributed by atoms with Crippen LogP contribution in [0.2, 0.25) is 10.0 Å². The van der Waals surface area contributed by atoms with Crippen molar-refractivity contribution in [2.24, 2.45) is 4.99 Å². The average Bonchev–Trinajstić information content (AvgIpc) is 2.65. The largest absolute Gasteiger partial charge is 0.505 e. The summed E-state index contributed by atoms with van der Waals surface area (Å²) in [4.78, 5) is 30.7. The van der Waals surface area contributed by atoms with Crippen LogP contribution in [0.15, 0.2) is 45.9 Å². The van der Waals surface area contributed by atoms with Gasteiger partial charge in [-0.3, -0.25) is 14.5 Å². The number of halogens is 3. The minimum Gasteiger partial charge on any atom is -0.505 e. The Labute approximate surface area is 184 Å². The Balaban J connectivity index is 1.81. The van der Waals surface area contributed by atoms with Crippen molar-refractivity contribution >= 4 is 79.3 Å².